The van der Waals surface area contributed by atoms with Crippen LogP contribution in [0, 0.1) is 0 Å². The van der Waals surface area contributed by atoms with Crippen LogP contribution in [0.1, 0.15) is 52.9 Å². The molecular formula is C16H33N3O2. The maximum Gasteiger partial charge on any atom is 0.234 e. The smallest absolute Gasteiger partial charge is 0.234 e. The Morgan fingerprint density at radius 3 is 2.38 bits per heavy atom. The monoisotopic (exact) mass is 299 g/mol. The number of hydrogen-bond donors (Lipinski definition) is 2. The van der Waals surface area contributed by atoms with E-state index >= 15 is 0 Å². The van der Waals surface area contributed by atoms with Gasteiger partial charge in [0, 0.05) is 31.3 Å². The molecule has 1 amide bonds. The second-order valence-electron chi connectivity index (χ2n) is 6.01. The molecule has 0 bridgehead atoms. The van der Waals surface area contributed by atoms with Crippen LogP contribution >= 0.6 is 0 Å². The first-order valence-corrected chi connectivity index (χ1v) is 8.44. The lowest BCUT2D eigenvalue weighted by molar-refractivity contribution is -0.125. The minimum atomic E-state index is -0.0526. The van der Waals surface area contributed by atoms with Crippen molar-refractivity contribution in [3.05, 3.63) is 0 Å². The maximum absolute atomic E-state index is 12.4. The van der Waals surface area contributed by atoms with E-state index in [1.807, 2.05) is 0 Å². The topological polar surface area (TPSA) is 67.6 Å². The summed E-state index contributed by atoms with van der Waals surface area (Å²) in [7, 11) is 0. The second-order valence-corrected chi connectivity index (χ2v) is 6.01. The highest BCUT2D eigenvalue weighted by molar-refractivity contribution is 5.78. The van der Waals surface area contributed by atoms with Crippen molar-refractivity contribution in [1.82, 2.24) is 10.2 Å². The molecule has 0 unspecified atom stereocenters. The Bertz CT molecular complexity index is 292. The van der Waals surface area contributed by atoms with Gasteiger partial charge < -0.3 is 15.8 Å². The van der Waals surface area contributed by atoms with Crippen LogP contribution in [-0.2, 0) is 9.53 Å². The lowest BCUT2D eigenvalue weighted by Gasteiger charge is -2.42. The first-order chi connectivity index (χ1) is 10.1. The molecule has 0 radical (unpaired) electrons. The summed E-state index contributed by atoms with van der Waals surface area (Å²) in [5.41, 5.74) is 5.98. The number of nitrogens with one attached hydrogen (secondary N) is 1. The zero-order valence-corrected chi connectivity index (χ0v) is 14.0. The largest absolute Gasteiger partial charge is 0.381 e. The standard InChI is InChI=1S/C16H33N3O2/c1-4-9-19(16(5-2,6-3)13-17)12-15(20)18-14-7-10-21-11-8-14/h14H,4-13,17H2,1-3H3,(H,18,20). The molecule has 124 valence electrons. The highest BCUT2D eigenvalue weighted by atomic mass is 16.5. The summed E-state index contributed by atoms with van der Waals surface area (Å²) in [6.07, 6.45) is 4.83. The highest BCUT2D eigenvalue weighted by Gasteiger charge is 2.33. The summed E-state index contributed by atoms with van der Waals surface area (Å²) in [5, 5.41) is 3.15. The molecule has 1 rings (SSSR count). The van der Waals surface area contributed by atoms with Crippen molar-refractivity contribution in [2.24, 2.45) is 5.73 Å². The van der Waals surface area contributed by atoms with Crippen LogP contribution in [0.5, 0.6) is 0 Å². The predicted molar refractivity (Wildman–Crippen MR) is 86.2 cm³/mol. The molecule has 5 heteroatoms. The fraction of sp³-hybridized carbons (Fsp3) is 0.938. The minimum absolute atomic E-state index is 0.0526. The molecule has 5 nitrogen and oxygen atoms in total. The van der Waals surface area contributed by atoms with Gasteiger partial charge in [-0.15, -0.1) is 0 Å². The van der Waals surface area contributed by atoms with E-state index in [-0.39, 0.29) is 17.5 Å². The number of carbonyl (C=O) groups excluding carboxylic acids is 1. The fourth-order valence-corrected chi connectivity index (χ4v) is 3.16. The minimum Gasteiger partial charge on any atom is -0.381 e. The first-order valence-electron chi connectivity index (χ1n) is 8.44. The van der Waals surface area contributed by atoms with Gasteiger partial charge in [0.25, 0.3) is 0 Å². The van der Waals surface area contributed by atoms with Crippen molar-refractivity contribution in [3.63, 3.8) is 0 Å². The molecule has 0 aromatic carbocycles. The molecule has 0 aliphatic carbocycles. The van der Waals surface area contributed by atoms with Gasteiger partial charge in [0.15, 0.2) is 0 Å². The van der Waals surface area contributed by atoms with Gasteiger partial charge in [-0.1, -0.05) is 20.8 Å². The SMILES string of the molecule is CCCN(CC(=O)NC1CCOCC1)C(CC)(CC)CN. The van der Waals surface area contributed by atoms with Crippen LogP contribution in [0.25, 0.3) is 0 Å². The van der Waals surface area contributed by atoms with Crippen molar-refractivity contribution >= 4 is 5.91 Å². The summed E-state index contributed by atoms with van der Waals surface area (Å²) in [6, 6.07) is 0.269. The van der Waals surface area contributed by atoms with Gasteiger partial charge in [0.2, 0.25) is 5.91 Å². The Hall–Kier alpha value is -0.650. The van der Waals surface area contributed by atoms with E-state index < -0.39 is 0 Å². The van der Waals surface area contributed by atoms with Crippen LogP contribution in [0.4, 0.5) is 0 Å². The van der Waals surface area contributed by atoms with E-state index in [0.29, 0.717) is 13.1 Å². The molecule has 0 saturated carbocycles. The van der Waals surface area contributed by atoms with Crippen LogP contribution in [0.3, 0.4) is 0 Å². The molecule has 1 heterocycles. The first kappa shape index (κ1) is 18.4. The number of hydrogen-bond acceptors (Lipinski definition) is 4. The van der Waals surface area contributed by atoms with Gasteiger partial charge in [-0.05, 0) is 38.6 Å². The molecule has 0 aromatic heterocycles. The summed E-state index contributed by atoms with van der Waals surface area (Å²) in [4.78, 5) is 14.6. The third-order valence-corrected chi connectivity index (χ3v) is 4.78. The number of carbonyl (C=O) groups is 1. The third-order valence-electron chi connectivity index (χ3n) is 4.78. The van der Waals surface area contributed by atoms with E-state index in [2.05, 4.69) is 31.0 Å². The fourth-order valence-electron chi connectivity index (χ4n) is 3.16. The zero-order chi connectivity index (χ0) is 15.7. The summed E-state index contributed by atoms with van der Waals surface area (Å²) < 4.78 is 5.33. The quantitative estimate of drug-likeness (QED) is 0.677. The van der Waals surface area contributed by atoms with Crippen molar-refractivity contribution in [1.29, 1.82) is 0 Å². The van der Waals surface area contributed by atoms with Gasteiger partial charge in [0.05, 0.1) is 6.54 Å². The van der Waals surface area contributed by atoms with E-state index in [4.69, 9.17) is 10.5 Å². The summed E-state index contributed by atoms with van der Waals surface area (Å²) in [5.74, 6) is 0.120. The van der Waals surface area contributed by atoms with Gasteiger partial charge >= 0.3 is 0 Å². The molecular weight excluding hydrogens is 266 g/mol. The normalized spacial score (nSPS) is 17.2. The molecule has 0 atom stereocenters. The number of amides is 1. The predicted octanol–water partition coefficient (Wildman–Crippen LogP) is 1.51. The van der Waals surface area contributed by atoms with Gasteiger partial charge in [0.1, 0.15) is 0 Å². The Morgan fingerprint density at radius 1 is 1.29 bits per heavy atom. The molecule has 0 aromatic rings. The van der Waals surface area contributed by atoms with E-state index in [1.165, 1.54) is 0 Å². The Balaban J connectivity index is 2.61. The second kappa shape index (κ2) is 9.38. The third kappa shape index (κ3) is 5.24. The van der Waals surface area contributed by atoms with Crippen LogP contribution in [-0.4, -0.2) is 55.2 Å². The van der Waals surface area contributed by atoms with E-state index in [9.17, 15) is 4.79 Å². The molecule has 1 saturated heterocycles. The van der Waals surface area contributed by atoms with Crippen molar-refractivity contribution < 1.29 is 9.53 Å². The average Bonchev–Trinajstić information content (AvgIpc) is 2.50. The number of nitrogens with zero attached hydrogens (tertiary/aromatic N) is 1. The van der Waals surface area contributed by atoms with Crippen molar-refractivity contribution in [3.8, 4) is 0 Å². The highest BCUT2D eigenvalue weighted by Crippen LogP contribution is 2.23. The molecule has 3 N–H and O–H groups in total. The van der Waals surface area contributed by atoms with Crippen LogP contribution < -0.4 is 11.1 Å². The maximum atomic E-state index is 12.4. The van der Waals surface area contributed by atoms with Crippen LogP contribution in [0.2, 0.25) is 0 Å². The van der Waals surface area contributed by atoms with Crippen molar-refractivity contribution in [2.45, 2.75) is 64.5 Å². The summed E-state index contributed by atoms with van der Waals surface area (Å²) in [6.45, 7) is 9.94. The lowest BCUT2D eigenvalue weighted by atomic mass is 9.90. The van der Waals surface area contributed by atoms with E-state index in [1.54, 1.807) is 0 Å². The molecule has 1 fully saturated rings. The van der Waals surface area contributed by atoms with Crippen LogP contribution in [0.15, 0.2) is 0 Å². The Labute approximate surface area is 129 Å². The average molecular weight is 299 g/mol. The Kier molecular flexibility index (Phi) is 8.22. The number of nitrogens with two attached hydrogens (primary N) is 1. The van der Waals surface area contributed by atoms with Crippen molar-refractivity contribution in [2.75, 3.05) is 32.8 Å². The molecule has 21 heavy (non-hydrogen) atoms. The van der Waals surface area contributed by atoms with Gasteiger partial charge in [-0.2, -0.15) is 0 Å². The number of rotatable bonds is 9. The Morgan fingerprint density at radius 2 is 1.90 bits per heavy atom. The molecule has 1 aliphatic heterocycles. The van der Waals surface area contributed by atoms with Gasteiger partial charge in [-0.25, -0.2) is 0 Å². The van der Waals surface area contributed by atoms with E-state index in [0.717, 1.165) is 51.9 Å². The number of ether oxygens (including phenoxy) is 1. The zero-order valence-electron chi connectivity index (χ0n) is 14.0. The molecule has 0 spiro atoms. The van der Waals surface area contributed by atoms with Gasteiger partial charge in [-0.3, -0.25) is 9.69 Å². The molecule has 1 aliphatic rings. The summed E-state index contributed by atoms with van der Waals surface area (Å²) >= 11 is 0. The lowest BCUT2D eigenvalue weighted by Crippen LogP contribution is -2.57.